The van der Waals surface area contributed by atoms with Crippen molar-refractivity contribution in [3.63, 3.8) is 0 Å². The van der Waals surface area contributed by atoms with E-state index < -0.39 is 0 Å². The fraction of sp³-hybridized carbons (Fsp3) is 0.882. The summed E-state index contributed by atoms with van der Waals surface area (Å²) in [6, 6.07) is 0.0105. The van der Waals surface area contributed by atoms with E-state index >= 15 is 0 Å². The van der Waals surface area contributed by atoms with Crippen LogP contribution in [0.25, 0.3) is 0 Å². The van der Waals surface area contributed by atoms with Gasteiger partial charge in [0.1, 0.15) is 0 Å². The van der Waals surface area contributed by atoms with E-state index in [9.17, 15) is 9.59 Å². The lowest BCUT2D eigenvalue weighted by Crippen LogP contribution is -2.51. The highest BCUT2D eigenvalue weighted by molar-refractivity contribution is 5.81. The van der Waals surface area contributed by atoms with E-state index in [-0.39, 0.29) is 17.9 Å². The van der Waals surface area contributed by atoms with E-state index in [1.165, 1.54) is 25.7 Å². The molecule has 0 spiro atoms. The molecule has 3 rings (SSSR count). The first-order chi connectivity index (χ1) is 11.2. The van der Waals surface area contributed by atoms with Gasteiger partial charge in [0.15, 0.2) is 0 Å². The number of hydrogen-bond donors (Lipinski definition) is 1. The summed E-state index contributed by atoms with van der Waals surface area (Å²) in [6.07, 6.45) is 6.86. The highest BCUT2D eigenvalue weighted by Gasteiger charge is 2.32. The number of ether oxygens (including phenoxy) is 1. The third-order valence-electron chi connectivity index (χ3n) is 5.40. The highest BCUT2D eigenvalue weighted by Crippen LogP contribution is 2.24. The predicted molar refractivity (Wildman–Crippen MR) is 87.1 cm³/mol. The Morgan fingerprint density at radius 3 is 2.43 bits per heavy atom. The van der Waals surface area contributed by atoms with Gasteiger partial charge >= 0.3 is 6.03 Å². The van der Waals surface area contributed by atoms with Gasteiger partial charge in [0.25, 0.3) is 0 Å². The summed E-state index contributed by atoms with van der Waals surface area (Å²) in [5, 5.41) is 3.08. The van der Waals surface area contributed by atoms with Gasteiger partial charge in [-0.1, -0.05) is 12.8 Å². The van der Waals surface area contributed by atoms with Crippen molar-refractivity contribution in [1.82, 2.24) is 15.1 Å². The number of urea groups is 1. The second-order valence-corrected chi connectivity index (χ2v) is 7.06. The van der Waals surface area contributed by atoms with Gasteiger partial charge in [-0.2, -0.15) is 0 Å². The zero-order chi connectivity index (χ0) is 16.1. The Bertz CT molecular complexity index is 417. The predicted octanol–water partition coefficient (Wildman–Crippen LogP) is 1.46. The number of rotatable bonds is 3. The van der Waals surface area contributed by atoms with Crippen molar-refractivity contribution in [3.05, 3.63) is 0 Å². The van der Waals surface area contributed by atoms with Gasteiger partial charge in [0, 0.05) is 32.7 Å². The number of amides is 3. The Kier molecular flexibility index (Phi) is 5.75. The maximum absolute atomic E-state index is 12.6. The first-order valence-electron chi connectivity index (χ1n) is 9.13. The Morgan fingerprint density at radius 2 is 1.70 bits per heavy atom. The normalized spacial score (nSPS) is 26.3. The molecule has 0 aromatic rings. The maximum atomic E-state index is 12.6. The van der Waals surface area contributed by atoms with Gasteiger partial charge in [-0.25, -0.2) is 4.79 Å². The monoisotopic (exact) mass is 323 g/mol. The standard InChI is InChI=1S/C17H29N3O3/c21-16(19-8-10-23-11-9-19)15-6-3-7-20(13-15)17(22)18-12-14-4-1-2-5-14/h14-15H,1-13H2,(H,18,22)/t15-/m0/s1. The summed E-state index contributed by atoms with van der Waals surface area (Å²) in [5.74, 6) is 0.801. The van der Waals surface area contributed by atoms with Crippen molar-refractivity contribution in [1.29, 1.82) is 0 Å². The molecular weight excluding hydrogens is 294 g/mol. The molecule has 0 bridgehead atoms. The lowest BCUT2D eigenvalue weighted by molar-refractivity contribution is -0.141. The maximum Gasteiger partial charge on any atom is 0.317 e. The van der Waals surface area contributed by atoms with Crippen LogP contribution in [0, 0.1) is 11.8 Å². The van der Waals surface area contributed by atoms with Crippen LogP contribution < -0.4 is 5.32 Å². The van der Waals surface area contributed by atoms with Crippen molar-refractivity contribution < 1.29 is 14.3 Å². The first-order valence-corrected chi connectivity index (χ1v) is 9.13. The highest BCUT2D eigenvalue weighted by atomic mass is 16.5. The molecule has 23 heavy (non-hydrogen) atoms. The Balaban J connectivity index is 1.46. The lowest BCUT2D eigenvalue weighted by Gasteiger charge is -2.36. The summed E-state index contributed by atoms with van der Waals surface area (Å²) >= 11 is 0. The summed E-state index contributed by atoms with van der Waals surface area (Å²) in [7, 11) is 0. The summed E-state index contributed by atoms with van der Waals surface area (Å²) in [4.78, 5) is 28.7. The second-order valence-electron chi connectivity index (χ2n) is 7.06. The Morgan fingerprint density at radius 1 is 0.957 bits per heavy atom. The number of piperidine rings is 1. The molecule has 0 unspecified atom stereocenters. The number of hydrogen-bond acceptors (Lipinski definition) is 3. The van der Waals surface area contributed by atoms with Gasteiger partial charge < -0.3 is 19.9 Å². The van der Waals surface area contributed by atoms with E-state index in [1.54, 1.807) is 0 Å². The molecule has 3 fully saturated rings. The second kappa shape index (κ2) is 7.99. The smallest absolute Gasteiger partial charge is 0.317 e. The van der Waals surface area contributed by atoms with E-state index in [1.807, 2.05) is 9.80 Å². The molecule has 3 amide bonds. The van der Waals surface area contributed by atoms with Crippen LogP contribution in [0.1, 0.15) is 38.5 Å². The molecular formula is C17H29N3O3. The molecule has 6 nitrogen and oxygen atoms in total. The zero-order valence-electron chi connectivity index (χ0n) is 14.0. The van der Waals surface area contributed by atoms with Crippen LogP contribution in [0.15, 0.2) is 0 Å². The van der Waals surface area contributed by atoms with Crippen molar-refractivity contribution >= 4 is 11.9 Å². The first kappa shape index (κ1) is 16.6. The molecule has 2 saturated heterocycles. The minimum atomic E-state index is -0.0425. The number of nitrogens with one attached hydrogen (secondary N) is 1. The van der Waals surface area contributed by atoms with Gasteiger partial charge in [-0.05, 0) is 31.6 Å². The third-order valence-corrected chi connectivity index (χ3v) is 5.40. The number of carbonyl (C=O) groups excluding carboxylic acids is 2. The van der Waals surface area contributed by atoms with E-state index in [0.717, 1.165) is 25.9 Å². The fourth-order valence-electron chi connectivity index (χ4n) is 3.96. The number of morpholine rings is 1. The minimum absolute atomic E-state index is 0.0105. The molecule has 2 aliphatic heterocycles. The number of nitrogens with zero attached hydrogens (tertiary/aromatic N) is 2. The van der Waals surface area contributed by atoms with Crippen LogP contribution in [0.5, 0.6) is 0 Å². The topological polar surface area (TPSA) is 61.9 Å². The Labute approximate surface area is 138 Å². The van der Waals surface area contributed by atoms with Crippen LogP contribution in [-0.4, -0.2) is 67.7 Å². The molecule has 0 aromatic carbocycles. The number of carbonyl (C=O) groups is 2. The molecule has 0 radical (unpaired) electrons. The molecule has 130 valence electrons. The van der Waals surface area contributed by atoms with E-state index in [0.29, 0.717) is 38.8 Å². The molecule has 6 heteroatoms. The van der Waals surface area contributed by atoms with Crippen molar-refractivity contribution in [2.75, 3.05) is 45.9 Å². The van der Waals surface area contributed by atoms with Crippen LogP contribution in [0.2, 0.25) is 0 Å². The zero-order valence-corrected chi connectivity index (χ0v) is 14.0. The molecule has 1 saturated carbocycles. The van der Waals surface area contributed by atoms with Crippen LogP contribution in [-0.2, 0) is 9.53 Å². The van der Waals surface area contributed by atoms with Crippen LogP contribution >= 0.6 is 0 Å². The molecule has 3 aliphatic rings. The molecule has 2 heterocycles. The van der Waals surface area contributed by atoms with Crippen molar-refractivity contribution in [2.45, 2.75) is 38.5 Å². The minimum Gasteiger partial charge on any atom is -0.378 e. The number of likely N-dealkylation sites (tertiary alicyclic amines) is 1. The molecule has 0 aromatic heterocycles. The SMILES string of the molecule is O=C(NCC1CCCC1)N1CCC[C@H](C(=O)N2CCOCC2)C1. The van der Waals surface area contributed by atoms with Crippen molar-refractivity contribution in [3.8, 4) is 0 Å². The summed E-state index contributed by atoms with van der Waals surface area (Å²) in [6.45, 7) is 4.74. The van der Waals surface area contributed by atoms with E-state index in [2.05, 4.69) is 5.32 Å². The van der Waals surface area contributed by atoms with Crippen LogP contribution in [0.4, 0.5) is 4.79 Å². The van der Waals surface area contributed by atoms with Gasteiger partial charge in [0.05, 0.1) is 19.1 Å². The summed E-state index contributed by atoms with van der Waals surface area (Å²) < 4.78 is 5.31. The molecule has 1 aliphatic carbocycles. The van der Waals surface area contributed by atoms with Crippen LogP contribution in [0.3, 0.4) is 0 Å². The van der Waals surface area contributed by atoms with Gasteiger partial charge in [-0.15, -0.1) is 0 Å². The lowest BCUT2D eigenvalue weighted by atomic mass is 9.96. The Hall–Kier alpha value is -1.30. The van der Waals surface area contributed by atoms with Gasteiger partial charge in [-0.3, -0.25) is 4.79 Å². The van der Waals surface area contributed by atoms with Crippen molar-refractivity contribution in [2.24, 2.45) is 11.8 Å². The molecule has 1 atom stereocenters. The average Bonchev–Trinajstić information content (AvgIpc) is 3.13. The average molecular weight is 323 g/mol. The van der Waals surface area contributed by atoms with Gasteiger partial charge in [0.2, 0.25) is 5.91 Å². The third kappa shape index (κ3) is 4.37. The fourth-order valence-corrected chi connectivity index (χ4v) is 3.96. The summed E-state index contributed by atoms with van der Waals surface area (Å²) in [5.41, 5.74) is 0. The quantitative estimate of drug-likeness (QED) is 0.855. The largest absolute Gasteiger partial charge is 0.378 e. The van der Waals surface area contributed by atoms with E-state index in [4.69, 9.17) is 4.74 Å². The molecule has 1 N–H and O–H groups in total.